The summed E-state index contributed by atoms with van der Waals surface area (Å²) < 4.78 is 35.4. The lowest BCUT2D eigenvalue weighted by atomic mass is 10.0. The first-order chi connectivity index (χ1) is 17.8. The summed E-state index contributed by atoms with van der Waals surface area (Å²) in [7, 11) is -3.61. The number of nitrogens with zero attached hydrogens (tertiary/aromatic N) is 3. The number of aryl methyl sites for hydroxylation is 2. The highest BCUT2D eigenvalue weighted by Crippen LogP contribution is 2.35. The van der Waals surface area contributed by atoms with Gasteiger partial charge in [0.1, 0.15) is 0 Å². The number of carbonyl (C=O) groups excluding carboxylic acids is 1. The van der Waals surface area contributed by atoms with Gasteiger partial charge in [-0.05, 0) is 81.3 Å². The van der Waals surface area contributed by atoms with Gasteiger partial charge >= 0.3 is 0 Å². The number of hydrogen-bond acceptors (Lipinski definition) is 6. The lowest BCUT2D eigenvalue weighted by Crippen LogP contribution is -2.43. The second-order valence-corrected chi connectivity index (χ2v) is 13.0. The van der Waals surface area contributed by atoms with Crippen molar-refractivity contribution in [3.05, 3.63) is 53.1 Å². The molecule has 1 amide bonds. The summed E-state index contributed by atoms with van der Waals surface area (Å²) in [5.74, 6) is -0.196. The lowest BCUT2D eigenvalue weighted by Gasteiger charge is -2.34. The fourth-order valence-corrected chi connectivity index (χ4v) is 8.25. The average Bonchev–Trinajstić information content (AvgIpc) is 3.60. The molecular weight excluding hydrogens is 506 g/mol. The molecule has 2 saturated heterocycles. The van der Waals surface area contributed by atoms with E-state index in [9.17, 15) is 13.2 Å². The van der Waals surface area contributed by atoms with Crippen LogP contribution in [0.3, 0.4) is 0 Å². The first-order valence-corrected chi connectivity index (χ1v) is 15.5. The standard InChI is InChI=1S/C28H35N3O4S2/c1-4-22-8-5-6-16-31(22)37(33,34)24-14-12-21(13-15-24)27(32)30(18-23-9-7-17-35-23)28-29-25-19(2)10-11-20(3)26(25)36-28/h10-15,22-23H,4-9,16-18H2,1-3H3. The molecule has 0 saturated carbocycles. The van der Waals surface area contributed by atoms with Crippen molar-refractivity contribution < 1.29 is 17.9 Å². The monoisotopic (exact) mass is 541 g/mol. The van der Waals surface area contributed by atoms with E-state index in [1.165, 1.54) is 11.3 Å². The Bertz CT molecular complexity index is 1340. The second-order valence-electron chi connectivity index (χ2n) is 10.1. The molecule has 2 fully saturated rings. The van der Waals surface area contributed by atoms with Crippen molar-refractivity contribution in [2.24, 2.45) is 0 Å². The molecule has 2 aliphatic rings. The molecule has 2 atom stereocenters. The van der Waals surface area contributed by atoms with Crippen LogP contribution in [0.4, 0.5) is 5.13 Å². The summed E-state index contributed by atoms with van der Waals surface area (Å²) in [5, 5.41) is 0.642. The van der Waals surface area contributed by atoms with E-state index in [-0.39, 0.29) is 22.9 Å². The summed E-state index contributed by atoms with van der Waals surface area (Å²) >= 11 is 1.52. The van der Waals surface area contributed by atoms with E-state index in [0.29, 0.717) is 30.4 Å². The highest BCUT2D eigenvalue weighted by atomic mass is 32.2. The van der Waals surface area contributed by atoms with Crippen LogP contribution in [0.2, 0.25) is 0 Å². The molecule has 2 unspecified atom stereocenters. The third-order valence-electron chi connectivity index (χ3n) is 7.57. The summed E-state index contributed by atoms with van der Waals surface area (Å²) in [6.07, 6.45) is 5.48. The lowest BCUT2D eigenvalue weighted by molar-refractivity contribution is 0.0917. The molecule has 1 aromatic heterocycles. The number of ether oxygens (including phenoxy) is 1. The quantitative estimate of drug-likeness (QED) is 0.384. The normalized spacial score (nSPS) is 20.9. The summed E-state index contributed by atoms with van der Waals surface area (Å²) in [6.45, 7) is 7.79. The van der Waals surface area contributed by atoms with Crippen molar-refractivity contribution in [2.75, 3.05) is 24.6 Å². The largest absolute Gasteiger partial charge is 0.376 e. The Morgan fingerprint density at radius 3 is 2.51 bits per heavy atom. The number of amides is 1. The second kappa shape index (κ2) is 10.8. The number of rotatable bonds is 7. The summed E-state index contributed by atoms with van der Waals surface area (Å²) in [6, 6.07) is 10.6. The first-order valence-electron chi connectivity index (χ1n) is 13.2. The van der Waals surface area contributed by atoms with E-state index in [1.54, 1.807) is 33.5 Å². The van der Waals surface area contributed by atoms with Crippen molar-refractivity contribution in [3.8, 4) is 0 Å². The van der Waals surface area contributed by atoms with Crippen LogP contribution in [0.5, 0.6) is 0 Å². The molecule has 5 rings (SSSR count). The third-order valence-corrected chi connectivity index (χ3v) is 10.7. The first kappa shape index (κ1) is 26.3. The molecule has 0 spiro atoms. The summed E-state index contributed by atoms with van der Waals surface area (Å²) in [4.78, 5) is 20.6. The van der Waals surface area contributed by atoms with Crippen LogP contribution in [0.15, 0.2) is 41.3 Å². The van der Waals surface area contributed by atoms with Crippen LogP contribution in [0.1, 0.15) is 66.9 Å². The maximum atomic E-state index is 13.8. The molecule has 0 aliphatic carbocycles. The predicted molar refractivity (Wildman–Crippen MR) is 148 cm³/mol. The number of carbonyl (C=O) groups is 1. The van der Waals surface area contributed by atoms with Gasteiger partial charge in [-0.25, -0.2) is 13.4 Å². The molecule has 37 heavy (non-hydrogen) atoms. The Labute approximate surface area is 223 Å². The molecule has 198 valence electrons. The van der Waals surface area contributed by atoms with Crippen molar-refractivity contribution in [1.29, 1.82) is 0 Å². The molecular formula is C28H35N3O4S2. The minimum Gasteiger partial charge on any atom is -0.376 e. The number of fused-ring (bicyclic) bond motifs is 1. The zero-order valence-electron chi connectivity index (χ0n) is 21.8. The molecule has 7 nitrogen and oxygen atoms in total. The number of benzene rings is 2. The fraction of sp³-hybridized carbons (Fsp3) is 0.500. The molecule has 9 heteroatoms. The molecule has 3 heterocycles. The van der Waals surface area contributed by atoms with Crippen molar-refractivity contribution in [1.82, 2.24) is 9.29 Å². The van der Waals surface area contributed by atoms with Gasteiger partial charge < -0.3 is 4.74 Å². The zero-order chi connectivity index (χ0) is 26.2. The van der Waals surface area contributed by atoms with Gasteiger partial charge in [-0.15, -0.1) is 0 Å². The highest BCUT2D eigenvalue weighted by molar-refractivity contribution is 7.89. The SMILES string of the molecule is CCC1CCCCN1S(=O)(=O)c1ccc(C(=O)N(CC2CCCO2)c2nc3c(C)ccc(C)c3s2)cc1. The number of thiazole rings is 1. The number of piperidine rings is 1. The van der Waals surface area contributed by atoms with E-state index in [0.717, 1.165) is 59.9 Å². The minimum atomic E-state index is -3.61. The van der Waals surface area contributed by atoms with Gasteiger partial charge in [0.15, 0.2) is 5.13 Å². The predicted octanol–water partition coefficient (Wildman–Crippen LogP) is 5.69. The molecule has 2 aromatic carbocycles. The van der Waals surface area contributed by atoms with E-state index in [4.69, 9.17) is 9.72 Å². The Balaban J connectivity index is 1.45. The maximum absolute atomic E-state index is 13.8. The Morgan fingerprint density at radius 2 is 1.84 bits per heavy atom. The van der Waals surface area contributed by atoms with Crippen LogP contribution in [0, 0.1) is 13.8 Å². The molecule has 0 N–H and O–H groups in total. The average molecular weight is 542 g/mol. The Morgan fingerprint density at radius 1 is 1.08 bits per heavy atom. The topological polar surface area (TPSA) is 79.8 Å². The number of anilines is 1. The van der Waals surface area contributed by atoms with Crippen LogP contribution in [0.25, 0.3) is 10.2 Å². The van der Waals surface area contributed by atoms with Gasteiger partial charge in [0.25, 0.3) is 5.91 Å². The van der Waals surface area contributed by atoms with Gasteiger partial charge in [-0.3, -0.25) is 9.69 Å². The van der Waals surface area contributed by atoms with Gasteiger partial charge in [0, 0.05) is 24.8 Å². The van der Waals surface area contributed by atoms with Crippen molar-refractivity contribution in [3.63, 3.8) is 0 Å². The number of sulfonamides is 1. The zero-order valence-corrected chi connectivity index (χ0v) is 23.4. The molecule has 3 aromatic rings. The van der Waals surface area contributed by atoms with Crippen molar-refractivity contribution >= 4 is 42.6 Å². The molecule has 0 bridgehead atoms. The minimum absolute atomic E-state index is 0.0351. The third kappa shape index (κ3) is 5.19. The van der Waals surface area contributed by atoms with E-state index in [2.05, 4.69) is 19.1 Å². The molecule has 0 radical (unpaired) electrons. The molecule has 2 aliphatic heterocycles. The van der Waals surface area contributed by atoms with Crippen LogP contribution < -0.4 is 4.90 Å². The van der Waals surface area contributed by atoms with Gasteiger partial charge in [0.05, 0.1) is 27.8 Å². The van der Waals surface area contributed by atoms with Crippen LogP contribution >= 0.6 is 11.3 Å². The van der Waals surface area contributed by atoms with Crippen LogP contribution in [-0.4, -0.2) is 55.5 Å². The van der Waals surface area contributed by atoms with Crippen LogP contribution in [-0.2, 0) is 14.8 Å². The Kier molecular flexibility index (Phi) is 7.68. The van der Waals surface area contributed by atoms with E-state index >= 15 is 0 Å². The Hall–Kier alpha value is -2.33. The van der Waals surface area contributed by atoms with Crippen molar-refractivity contribution in [2.45, 2.75) is 76.3 Å². The van der Waals surface area contributed by atoms with Gasteiger partial charge in [-0.2, -0.15) is 4.31 Å². The smallest absolute Gasteiger partial charge is 0.260 e. The highest BCUT2D eigenvalue weighted by Gasteiger charge is 2.33. The number of hydrogen-bond donors (Lipinski definition) is 0. The fourth-order valence-electron chi connectivity index (χ4n) is 5.36. The van der Waals surface area contributed by atoms with E-state index in [1.807, 2.05) is 13.8 Å². The van der Waals surface area contributed by atoms with Gasteiger partial charge in [0.2, 0.25) is 10.0 Å². The summed E-state index contributed by atoms with van der Waals surface area (Å²) in [5.41, 5.74) is 3.56. The van der Waals surface area contributed by atoms with E-state index < -0.39 is 10.0 Å². The maximum Gasteiger partial charge on any atom is 0.260 e. The number of aromatic nitrogens is 1. The van der Waals surface area contributed by atoms with Gasteiger partial charge in [-0.1, -0.05) is 36.8 Å².